The van der Waals surface area contributed by atoms with Gasteiger partial charge in [-0.1, -0.05) is 12.7 Å². The molecule has 0 aliphatic heterocycles. The van der Waals surface area contributed by atoms with Crippen LogP contribution < -0.4 is 0 Å². The van der Waals surface area contributed by atoms with Crippen LogP contribution in [0.15, 0.2) is 18.7 Å². The van der Waals surface area contributed by atoms with Gasteiger partial charge in [0.05, 0.1) is 5.69 Å². The molecule has 1 rings (SSSR count). The van der Waals surface area contributed by atoms with Crippen LogP contribution >= 0.6 is 0 Å². The van der Waals surface area contributed by atoms with E-state index in [0.717, 1.165) is 0 Å². The number of hydrogen-bond donors (Lipinski definition) is 0. The molecular weight excluding hydrogens is 194 g/mol. The maximum atomic E-state index is 11.5. The number of carbonyl (C=O) groups excluding carboxylic acids is 1. The number of carbonyl (C=O) groups is 1. The fraction of sp³-hybridized carbons (Fsp3) is 0.273. The number of hydrogen-bond acceptors (Lipinski definition) is 3. The maximum absolute atomic E-state index is 11.5. The van der Waals surface area contributed by atoms with Gasteiger partial charge in [0.2, 0.25) is 0 Å². The molecular formula is C11H12NO3. The third kappa shape index (κ3) is 2.56. The van der Waals surface area contributed by atoms with Crippen LogP contribution in [0.3, 0.4) is 0 Å². The Balaban J connectivity index is 3.03. The molecule has 1 heterocycles. The van der Waals surface area contributed by atoms with Crippen molar-refractivity contribution in [2.45, 2.75) is 13.8 Å². The largest absolute Gasteiger partial charge is 0.458 e. The van der Waals surface area contributed by atoms with Gasteiger partial charge in [0.15, 0.2) is 5.75 Å². The van der Waals surface area contributed by atoms with Crippen LogP contribution in [0.2, 0.25) is 0 Å². The van der Waals surface area contributed by atoms with Crippen LogP contribution in [0.1, 0.15) is 21.7 Å². The van der Waals surface area contributed by atoms with Gasteiger partial charge < -0.3 is 4.74 Å². The fourth-order valence-electron chi connectivity index (χ4n) is 1.25. The number of rotatable bonds is 3. The number of aryl methyl sites for hydroxylation is 2. The van der Waals surface area contributed by atoms with Crippen molar-refractivity contribution in [3.8, 4) is 5.75 Å². The molecule has 0 aliphatic rings. The fourth-order valence-corrected chi connectivity index (χ4v) is 1.25. The summed E-state index contributed by atoms with van der Waals surface area (Å²) in [5.41, 5.74) is 0.995. The van der Waals surface area contributed by atoms with E-state index in [0.29, 0.717) is 11.4 Å². The third-order valence-corrected chi connectivity index (χ3v) is 1.83. The van der Waals surface area contributed by atoms with Crippen LogP contribution in [0.25, 0.3) is 0 Å². The molecule has 0 atom stereocenters. The lowest BCUT2D eigenvalue weighted by Crippen LogP contribution is -2.08. The first-order valence-corrected chi connectivity index (χ1v) is 4.49. The highest BCUT2D eigenvalue weighted by Gasteiger charge is 2.18. The van der Waals surface area contributed by atoms with Crippen molar-refractivity contribution in [3.05, 3.63) is 35.7 Å². The van der Waals surface area contributed by atoms with Gasteiger partial charge in [-0.15, -0.1) is 0 Å². The van der Waals surface area contributed by atoms with E-state index in [4.69, 9.17) is 4.74 Å². The molecule has 0 fully saturated rings. The van der Waals surface area contributed by atoms with Gasteiger partial charge >= 0.3 is 5.97 Å². The zero-order valence-electron chi connectivity index (χ0n) is 8.74. The molecule has 4 heteroatoms. The average Bonchev–Trinajstić information content (AvgIpc) is 2.12. The van der Waals surface area contributed by atoms with Gasteiger partial charge in [-0.25, -0.2) is 4.79 Å². The van der Waals surface area contributed by atoms with Gasteiger partial charge in [-0.05, 0) is 13.8 Å². The molecule has 0 bridgehead atoms. The second-order valence-electron chi connectivity index (χ2n) is 3.11. The van der Waals surface area contributed by atoms with Crippen molar-refractivity contribution in [1.82, 2.24) is 4.98 Å². The van der Waals surface area contributed by atoms with Crippen molar-refractivity contribution < 1.29 is 14.6 Å². The molecule has 0 unspecified atom stereocenters. The molecule has 79 valence electrons. The second-order valence-corrected chi connectivity index (χ2v) is 3.11. The van der Waals surface area contributed by atoms with E-state index in [1.807, 2.05) is 0 Å². The maximum Gasteiger partial charge on any atom is 0.344 e. The Kier molecular flexibility index (Phi) is 3.44. The molecule has 1 aromatic rings. The first kappa shape index (κ1) is 11.2. The first-order chi connectivity index (χ1) is 7.06. The Morgan fingerprint density at radius 3 is 2.80 bits per heavy atom. The quantitative estimate of drug-likeness (QED) is 0.562. The van der Waals surface area contributed by atoms with Crippen molar-refractivity contribution in [1.29, 1.82) is 0 Å². The lowest BCUT2D eigenvalue weighted by molar-refractivity contribution is 0.0543. The Hall–Kier alpha value is -1.84. The first-order valence-electron chi connectivity index (χ1n) is 4.49. The Labute approximate surface area is 88.2 Å². The summed E-state index contributed by atoms with van der Waals surface area (Å²) in [5.74, 6) is -1.00. The smallest absolute Gasteiger partial charge is 0.344 e. The number of nitrogens with zero attached hydrogens (tertiary/aromatic N) is 1. The molecule has 1 aromatic heterocycles. The van der Waals surface area contributed by atoms with E-state index >= 15 is 0 Å². The molecule has 0 saturated carbocycles. The van der Waals surface area contributed by atoms with E-state index in [2.05, 4.69) is 11.6 Å². The minimum Gasteiger partial charge on any atom is -0.458 e. The van der Waals surface area contributed by atoms with E-state index in [9.17, 15) is 9.90 Å². The molecule has 0 aromatic carbocycles. The monoisotopic (exact) mass is 206 g/mol. The van der Waals surface area contributed by atoms with E-state index in [1.165, 1.54) is 12.1 Å². The molecule has 0 aliphatic carbocycles. The minimum absolute atomic E-state index is 0.00227. The predicted molar refractivity (Wildman–Crippen MR) is 54.3 cm³/mol. The lowest BCUT2D eigenvalue weighted by atomic mass is 10.1. The summed E-state index contributed by atoms with van der Waals surface area (Å²) < 4.78 is 4.78. The summed E-state index contributed by atoms with van der Waals surface area (Å²) in [4.78, 5) is 15.5. The highest BCUT2D eigenvalue weighted by Crippen LogP contribution is 2.22. The highest BCUT2D eigenvalue weighted by molar-refractivity contribution is 5.93. The van der Waals surface area contributed by atoms with Gasteiger partial charge in [0, 0.05) is 11.8 Å². The predicted octanol–water partition coefficient (Wildman–Crippen LogP) is 2.19. The van der Waals surface area contributed by atoms with Gasteiger partial charge in [-0.2, -0.15) is 0 Å². The molecule has 0 spiro atoms. The standard InChI is InChI=1S/C11H12NO3/c1-4-5-15-11(14)10-8(3)12-7(2)6-9(10)13/h4,6H,1,5H2,2-3H3. The Morgan fingerprint density at radius 2 is 2.27 bits per heavy atom. The van der Waals surface area contributed by atoms with Gasteiger partial charge in [0.25, 0.3) is 0 Å². The zero-order chi connectivity index (χ0) is 11.4. The van der Waals surface area contributed by atoms with E-state index in [-0.39, 0.29) is 17.9 Å². The Morgan fingerprint density at radius 1 is 1.60 bits per heavy atom. The van der Waals surface area contributed by atoms with Crippen LogP contribution in [0, 0.1) is 13.8 Å². The number of aromatic nitrogens is 1. The molecule has 4 nitrogen and oxygen atoms in total. The summed E-state index contributed by atoms with van der Waals surface area (Å²) in [6.45, 7) is 6.81. The zero-order valence-corrected chi connectivity index (χ0v) is 8.74. The number of esters is 1. The Bertz CT molecular complexity index is 376. The molecule has 15 heavy (non-hydrogen) atoms. The second kappa shape index (κ2) is 4.59. The van der Waals surface area contributed by atoms with Crippen LogP contribution in [-0.2, 0) is 9.84 Å². The lowest BCUT2D eigenvalue weighted by Gasteiger charge is -2.06. The van der Waals surface area contributed by atoms with Crippen molar-refractivity contribution >= 4 is 5.97 Å². The van der Waals surface area contributed by atoms with E-state index in [1.54, 1.807) is 13.8 Å². The third-order valence-electron chi connectivity index (χ3n) is 1.83. The molecule has 0 N–H and O–H groups in total. The van der Waals surface area contributed by atoms with E-state index < -0.39 is 5.97 Å². The topological polar surface area (TPSA) is 59.1 Å². The van der Waals surface area contributed by atoms with Crippen LogP contribution in [0.4, 0.5) is 0 Å². The van der Waals surface area contributed by atoms with Gasteiger partial charge in [0.1, 0.15) is 12.2 Å². The van der Waals surface area contributed by atoms with Crippen LogP contribution in [0.5, 0.6) is 5.75 Å². The minimum atomic E-state index is -0.648. The van der Waals surface area contributed by atoms with Gasteiger partial charge in [-0.3, -0.25) is 10.1 Å². The van der Waals surface area contributed by atoms with Crippen molar-refractivity contribution in [2.24, 2.45) is 0 Å². The van der Waals surface area contributed by atoms with Crippen molar-refractivity contribution in [3.63, 3.8) is 0 Å². The summed E-state index contributed by atoms with van der Waals surface area (Å²) in [5, 5.41) is 11.5. The highest BCUT2D eigenvalue weighted by atomic mass is 16.5. The summed E-state index contributed by atoms with van der Waals surface area (Å²) in [6.07, 6.45) is 1.44. The normalized spacial score (nSPS) is 9.73. The SMILES string of the molecule is C=CCOC(=O)c1c([O])cc(C)nc1C. The molecule has 1 radical (unpaired) electrons. The summed E-state index contributed by atoms with van der Waals surface area (Å²) in [7, 11) is 0. The summed E-state index contributed by atoms with van der Waals surface area (Å²) >= 11 is 0. The van der Waals surface area contributed by atoms with Crippen LogP contribution in [-0.4, -0.2) is 17.6 Å². The number of ether oxygens (including phenoxy) is 1. The molecule has 0 amide bonds. The van der Waals surface area contributed by atoms with Crippen molar-refractivity contribution in [2.75, 3.05) is 6.61 Å². The molecule has 0 saturated heterocycles. The summed E-state index contributed by atoms with van der Waals surface area (Å²) in [6, 6.07) is 1.32. The average molecular weight is 206 g/mol. The number of pyridine rings is 1.